The molecular weight excluding hydrogens is 228 g/mol. The number of nitrogens with one attached hydrogen (secondary N) is 1. The van der Waals surface area contributed by atoms with E-state index in [1.165, 1.54) is 11.0 Å². The number of carbonyl (C=O) groups is 3. The van der Waals surface area contributed by atoms with Crippen LogP contribution in [0.25, 0.3) is 0 Å². The number of carboxylic acids is 1. The number of anilines is 1. The van der Waals surface area contributed by atoms with Crippen molar-refractivity contribution in [3.63, 3.8) is 0 Å². The summed E-state index contributed by atoms with van der Waals surface area (Å²) < 4.78 is 0. The molecule has 0 unspecified atom stereocenters. The van der Waals surface area contributed by atoms with Gasteiger partial charge in [0, 0.05) is 13.0 Å². The summed E-state index contributed by atoms with van der Waals surface area (Å²) in [6.07, 6.45) is 1.23. The molecule has 0 atom stereocenters. The predicted molar refractivity (Wildman–Crippen MR) is 54.5 cm³/mol. The molecule has 2 heterocycles. The zero-order valence-electron chi connectivity index (χ0n) is 8.58. The van der Waals surface area contributed by atoms with Crippen molar-refractivity contribution in [1.29, 1.82) is 0 Å². The number of aromatic carboxylic acids is 1. The smallest absolute Gasteiger partial charge is 0.337 e. The van der Waals surface area contributed by atoms with Crippen molar-refractivity contribution in [2.24, 2.45) is 0 Å². The van der Waals surface area contributed by atoms with E-state index < -0.39 is 12.0 Å². The first-order chi connectivity index (χ1) is 8.08. The number of hydrogen-bond donors (Lipinski definition) is 2. The number of rotatable bonds is 2. The summed E-state index contributed by atoms with van der Waals surface area (Å²) in [6, 6.07) is 0.600. The molecule has 0 saturated carbocycles. The summed E-state index contributed by atoms with van der Waals surface area (Å²) in [7, 11) is 0. The third-order valence-corrected chi connectivity index (χ3v) is 2.22. The molecule has 1 aromatic rings. The third kappa shape index (κ3) is 2.19. The number of carbonyl (C=O) groups excluding carboxylic acids is 2. The van der Waals surface area contributed by atoms with Crippen molar-refractivity contribution in [2.75, 3.05) is 11.4 Å². The Kier molecular flexibility index (Phi) is 2.69. The van der Waals surface area contributed by atoms with Crippen LogP contribution in [-0.4, -0.2) is 39.8 Å². The molecule has 1 fully saturated rings. The minimum Gasteiger partial charge on any atom is -0.478 e. The van der Waals surface area contributed by atoms with Crippen LogP contribution in [0, 0.1) is 0 Å². The van der Waals surface area contributed by atoms with Crippen molar-refractivity contribution >= 4 is 23.7 Å². The molecule has 17 heavy (non-hydrogen) atoms. The Hall–Kier alpha value is -2.51. The number of amides is 3. The Morgan fingerprint density at radius 3 is 2.88 bits per heavy atom. The molecular formula is C9H8N4O4. The Labute approximate surface area is 95.2 Å². The lowest BCUT2D eigenvalue weighted by atomic mass is 10.2. The standard InChI is InChI=1S/C9H8N4O4/c14-7-1-2-13(9(17)11-7)6-3-5(8(15)16)4-10-12-6/h3-4H,1-2H2,(H,15,16)(H,11,14,17). The monoisotopic (exact) mass is 236 g/mol. The van der Waals surface area contributed by atoms with E-state index >= 15 is 0 Å². The second-order valence-electron chi connectivity index (χ2n) is 3.36. The van der Waals surface area contributed by atoms with E-state index in [1.54, 1.807) is 0 Å². The van der Waals surface area contributed by atoms with Crippen molar-refractivity contribution < 1.29 is 19.5 Å². The highest BCUT2D eigenvalue weighted by molar-refractivity contribution is 6.05. The van der Waals surface area contributed by atoms with Crippen LogP contribution in [0.2, 0.25) is 0 Å². The molecule has 1 aromatic heterocycles. The van der Waals surface area contributed by atoms with Gasteiger partial charge in [-0.05, 0) is 6.07 Å². The first-order valence-corrected chi connectivity index (χ1v) is 4.75. The molecule has 88 valence electrons. The lowest BCUT2D eigenvalue weighted by Gasteiger charge is -2.24. The van der Waals surface area contributed by atoms with Gasteiger partial charge in [-0.15, -0.1) is 5.10 Å². The van der Waals surface area contributed by atoms with Crippen molar-refractivity contribution in [2.45, 2.75) is 6.42 Å². The molecule has 8 heteroatoms. The molecule has 0 bridgehead atoms. The Bertz CT molecular complexity index is 502. The van der Waals surface area contributed by atoms with Crippen molar-refractivity contribution in [1.82, 2.24) is 15.5 Å². The minimum atomic E-state index is -1.16. The number of nitrogens with zero attached hydrogens (tertiary/aromatic N) is 3. The number of carboxylic acid groups (broad SMARTS) is 1. The van der Waals surface area contributed by atoms with Crippen LogP contribution in [-0.2, 0) is 4.79 Å². The average molecular weight is 236 g/mol. The summed E-state index contributed by atoms with van der Waals surface area (Å²) in [6.45, 7) is 0.155. The molecule has 2 N–H and O–H groups in total. The SMILES string of the molecule is O=C1CCN(c2cc(C(=O)O)cnn2)C(=O)N1. The topological polar surface area (TPSA) is 112 Å². The van der Waals surface area contributed by atoms with Gasteiger partial charge < -0.3 is 5.11 Å². The minimum absolute atomic E-state index is 0.0697. The zero-order valence-corrected chi connectivity index (χ0v) is 8.58. The van der Waals surface area contributed by atoms with Gasteiger partial charge in [0.25, 0.3) is 0 Å². The number of aromatic nitrogens is 2. The number of imide groups is 1. The number of urea groups is 1. The molecule has 8 nitrogen and oxygen atoms in total. The quantitative estimate of drug-likeness (QED) is 0.723. The van der Waals surface area contributed by atoms with Crippen LogP contribution in [0.3, 0.4) is 0 Å². The van der Waals surface area contributed by atoms with Crippen LogP contribution in [0.15, 0.2) is 12.3 Å². The third-order valence-electron chi connectivity index (χ3n) is 2.22. The molecule has 0 radical (unpaired) electrons. The van der Waals surface area contributed by atoms with E-state index in [-0.39, 0.29) is 30.3 Å². The summed E-state index contributed by atoms with van der Waals surface area (Å²) in [5, 5.41) is 18.0. The Balaban J connectivity index is 2.28. The van der Waals surface area contributed by atoms with Gasteiger partial charge in [-0.25, -0.2) is 9.59 Å². The average Bonchev–Trinajstić information content (AvgIpc) is 2.29. The highest BCUT2D eigenvalue weighted by Gasteiger charge is 2.25. The fraction of sp³-hybridized carbons (Fsp3) is 0.222. The second kappa shape index (κ2) is 4.16. The highest BCUT2D eigenvalue weighted by Crippen LogP contribution is 2.14. The van der Waals surface area contributed by atoms with E-state index in [0.717, 1.165) is 6.20 Å². The molecule has 0 aliphatic carbocycles. The van der Waals surface area contributed by atoms with E-state index in [9.17, 15) is 14.4 Å². The summed E-state index contributed by atoms with van der Waals surface area (Å²) in [5.41, 5.74) is -0.0697. The fourth-order valence-corrected chi connectivity index (χ4v) is 1.39. The second-order valence-corrected chi connectivity index (χ2v) is 3.36. The maximum absolute atomic E-state index is 11.5. The molecule has 1 aliphatic heterocycles. The maximum Gasteiger partial charge on any atom is 0.337 e. The van der Waals surface area contributed by atoms with Crippen LogP contribution in [0.4, 0.5) is 10.6 Å². The van der Waals surface area contributed by atoms with Gasteiger partial charge in [-0.1, -0.05) is 0 Å². The van der Waals surface area contributed by atoms with Crippen LogP contribution < -0.4 is 10.2 Å². The van der Waals surface area contributed by atoms with E-state index in [1.807, 2.05) is 0 Å². The Morgan fingerprint density at radius 1 is 1.47 bits per heavy atom. The molecule has 1 saturated heterocycles. The summed E-state index contributed by atoms with van der Waals surface area (Å²) in [4.78, 5) is 34.3. The van der Waals surface area contributed by atoms with Crippen LogP contribution in [0.5, 0.6) is 0 Å². The van der Waals surface area contributed by atoms with E-state index in [4.69, 9.17) is 5.11 Å². The first-order valence-electron chi connectivity index (χ1n) is 4.75. The van der Waals surface area contributed by atoms with Gasteiger partial charge in [0.1, 0.15) is 0 Å². The molecule has 3 amide bonds. The van der Waals surface area contributed by atoms with E-state index in [0.29, 0.717) is 0 Å². The number of hydrogen-bond acceptors (Lipinski definition) is 5. The van der Waals surface area contributed by atoms with Gasteiger partial charge >= 0.3 is 12.0 Å². The van der Waals surface area contributed by atoms with Gasteiger partial charge in [0.2, 0.25) is 5.91 Å². The first kappa shape index (κ1) is 11.0. The highest BCUT2D eigenvalue weighted by atomic mass is 16.4. The molecule has 0 aromatic carbocycles. The molecule has 1 aliphatic rings. The lowest BCUT2D eigenvalue weighted by Crippen LogP contribution is -2.50. The van der Waals surface area contributed by atoms with Crippen LogP contribution in [0.1, 0.15) is 16.8 Å². The summed E-state index contributed by atoms with van der Waals surface area (Å²) >= 11 is 0. The van der Waals surface area contributed by atoms with Crippen LogP contribution >= 0.6 is 0 Å². The van der Waals surface area contributed by atoms with Gasteiger partial charge in [0.15, 0.2) is 5.82 Å². The molecule has 2 rings (SSSR count). The van der Waals surface area contributed by atoms with Gasteiger partial charge in [-0.3, -0.25) is 15.0 Å². The normalized spacial score (nSPS) is 15.6. The fourth-order valence-electron chi connectivity index (χ4n) is 1.39. The molecule has 0 spiro atoms. The maximum atomic E-state index is 11.5. The van der Waals surface area contributed by atoms with Crippen molar-refractivity contribution in [3.8, 4) is 0 Å². The van der Waals surface area contributed by atoms with E-state index in [2.05, 4.69) is 15.5 Å². The predicted octanol–water partition coefficient (Wildman–Crippen LogP) is -0.379. The largest absolute Gasteiger partial charge is 0.478 e. The summed E-state index contributed by atoms with van der Waals surface area (Å²) in [5.74, 6) is -1.42. The lowest BCUT2D eigenvalue weighted by molar-refractivity contribution is -0.120. The Morgan fingerprint density at radius 2 is 2.24 bits per heavy atom. The van der Waals surface area contributed by atoms with Gasteiger partial charge in [0.05, 0.1) is 11.8 Å². The zero-order chi connectivity index (χ0) is 12.4. The van der Waals surface area contributed by atoms with Crippen molar-refractivity contribution in [3.05, 3.63) is 17.8 Å². The van der Waals surface area contributed by atoms with Gasteiger partial charge in [-0.2, -0.15) is 5.10 Å².